The number of esters is 1. The smallest absolute Gasteiger partial charge is 0.303 e. The highest BCUT2D eigenvalue weighted by Crippen LogP contribution is 2.36. The van der Waals surface area contributed by atoms with Crippen LogP contribution in [0.4, 0.5) is 0 Å². The highest BCUT2D eigenvalue weighted by molar-refractivity contribution is 6.99. The molecule has 0 heterocycles. The van der Waals surface area contributed by atoms with Crippen LogP contribution in [0.2, 0.25) is 5.04 Å². The van der Waals surface area contributed by atoms with Gasteiger partial charge >= 0.3 is 5.97 Å². The molecule has 0 saturated carbocycles. The fourth-order valence-corrected chi connectivity index (χ4v) is 8.58. The minimum Gasteiger partial charge on any atom is -0.458 e. The lowest BCUT2D eigenvalue weighted by Crippen LogP contribution is -2.66. The average Bonchev–Trinajstić information content (AvgIpc) is 2.79. The van der Waals surface area contributed by atoms with Gasteiger partial charge < -0.3 is 14.3 Å². The molecule has 0 saturated heterocycles. The number of carbonyl (C=O) groups excluding carboxylic acids is 1. The van der Waals surface area contributed by atoms with Gasteiger partial charge in [-0.05, 0) is 34.8 Å². The van der Waals surface area contributed by atoms with E-state index in [1.807, 2.05) is 38.1 Å². The molecule has 2 rings (SSSR count). The van der Waals surface area contributed by atoms with E-state index in [0.29, 0.717) is 13.0 Å². The second-order valence-corrected chi connectivity index (χ2v) is 13.8. The molecule has 1 N–H and O–H groups in total. The van der Waals surface area contributed by atoms with Gasteiger partial charge in [0, 0.05) is 13.3 Å². The summed E-state index contributed by atoms with van der Waals surface area (Å²) in [7, 11) is -2.62. The van der Waals surface area contributed by atoms with Crippen LogP contribution in [0.25, 0.3) is 0 Å². The first-order chi connectivity index (χ1) is 15.6. The van der Waals surface area contributed by atoms with Crippen molar-refractivity contribution in [3.05, 3.63) is 84.0 Å². The summed E-state index contributed by atoms with van der Waals surface area (Å²) in [5, 5.41) is 11.6. The number of hydrogen-bond acceptors (Lipinski definition) is 4. The van der Waals surface area contributed by atoms with E-state index in [2.05, 4.69) is 69.3 Å². The van der Waals surface area contributed by atoms with E-state index >= 15 is 0 Å². The van der Waals surface area contributed by atoms with Crippen molar-refractivity contribution in [1.82, 2.24) is 0 Å². The molecule has 0 amide bonds. The zero-order valence-corrected chi connectivity index (χ0v) is 21.8. The Morgan fingerprint density at radius 2 is 1.45 bits per heavy atom. The summed E-state index contributed by atoms with van der Waals surface area (Å²) in [6.45, 7) is 12.4. The van der Waals surface area contributed by atoms with Gasteiger partial charge in [-0.1, -0.05) is 99.2 Å². The quantitative estimate of drug-likeness (QED) is 0.311. The molecule has 0 bridgehead atoms. The zero-order chi connectivity index (χ0) is 24.5. The molecule has 0 aliphatic carbocycles. The summed E-state index contributed by atoms with van der Waals surface area (Å²) < 4.78 is 12.5. The van der Waals surface area contributed by atoms with Crippen molar-refractivity contribution >= 4 is 24.7 Å². The van der Waals surface area contributed by atoms with Gasteiger partial charge in [0.25, 0.3) is 8.32 Å². The topological polar surface area (TPSA) is 55.8 Å². The summed E-state index contributed by atoms with van der Waals surface area (Å²) in [4.78, 5) is 11.7. The highest BCUT2D eigenvalue weighted by atomic mass is 28.4. The summed E-state index contributed by atoms with van der Waals surface area (Å²) in [6, 6.07) is 21.0. The molecule has 0 radical (unpaired) electrons. The Labute approximate surface area is 200 Å². The van der Waals surface area contributed by atoms with Crippen molar-refractivity contribution in [3.63, 3.8) is 0 Å². The Balaban J connectivity index is 2.41. The number of hydrogen-bond donors (Lipinski definition) is 1. The second-order valence-electron chi connectivity index (χ2n) is 9.46. The largest absolute Gasteiger partial charge is 0.458 e. The predicted molar refractivity (Wildman–Crippen MR) is 138 cm³/mol. The molecule has 1 atom stereocenters. The first kappa shape index (κ1) is 26.8. The van der Waals surface area contributed by atoms with Crippen LogP contribution in [0, 0.1) is 0 Å². The monoisotopic (exact) mass is 466 g/mol. The predicted octanol–water partition coefficient (Wildman–Crippen LogP) is 4.77. The van der Waals surface area contributed by atoms with Gasteiger partial charge in [0.2, 0.25) is 0 Å². The van der Waals surface area contributed by atoms with Gasteiger partial charge in [-0.25, -0.2) is 0 Å². The molecule has 33 heavy (non-hydrogen) atoms. The minimum atomic E-state index is -2.62. The fourth-order valence-electron chi connectivity index (χ4n) is 4.09. The minimum absolute atomic E-state index is 0.00742. The van der Waals surface area contributed by atoms with Gasteiger partial charge in [0.05, 0.1) is 13.2 Å². The van der Waals surface area contributed by atoms with Crippen molar-refractivity contribution in [2.75, 3.05) is 13.2 Å². The molecular weight excluding hydrogens is 428 g/mol. The first-order valence-electron chi connectivity index (χ1n) is 11.5. The van der Waals surface area contributed by atoms with Crippen LogP contribution < -0.4 is 10.4 Å². The molecule has 2 aromatic carbocycles. The molecule has 2 aromatic rings. The number of aliphatic hydroxyl groups is 1. The number of aliphatic hydroxyl groups excluding tert-OH is 1. The Bertz CT molecular complexity index is 903. The molecular formula is C28H38O4Si. The summed E-state index contributed by atoms with van der Waals surface area (Å²) in [6.07, 6.45) is 4.07. The van der Waals surface area contributed by atoms with E-state index in [1.54, 1.807) is 0 Å². The lowest BCUT2D eigenvalue weighted by atomic mass is 10.1. The summed E-state index contributed by atoms with van der Waals surface area (Å²) in [5.74, 6) is -0.323. The third kappa shape index (κ3) is 7.00. The van der Waals surface area contributed by atoms with Crippen LogP contribution in [0.5, 0.6) is 0 Å². The first-order valence-corrected chi connectivity index (χ1v) is 13.4. The Morgan fingerprint density at radius 1 is 0.939 bits per heavy atom. The summed E-state index contributed by atoms with van der Waals surface area (Å²) >= 11 is 0. The van der Waals surface area contributed by atoms with E-state index in [-0.39, 0.29) is 23.7 Å². The van der Waals surface area contributed by atoms with Crippen LogP contribution in [-0.4, -0.2) is 38.7 Å². The SMILES string of the molecule is CC(=O)O[C@@H](C/C=C(\C)CO)/C(C)=C/CO[Si](c1ccccc1)(c1ccccc1)C(C)(C)C. The molecule has 5 heteroatoms. The summed E-state index contributed by atoms with van der Waals surface area (Å²) in [5.41, 5.74) is 1.79. The molecule has 0 unspecified atom stereocenters. The highest BCUT2D eigenvalue weighted by Gasteiger charge is 2.49. The third-order valence-corrected chi connectivity index (χ3v) is 10.9. The molecule has 0 aromatic heterocycles. The lowest BCUT2D eigenvalue weighted by Gasteiger charge is -2.42. The van der Waals surface area contributed by atoms with Crippen molar-refractivity contribution in [2.24, 2.45) is 0 Å². The normalized spacial score (nSPS) is 14.2. The lowest BCUT2D eigenvalue weighted by molar-refractivity contribution is -0.144. The second kappa shape index (κ2) is 12.1. The standard InChI is InChI=1S/C28H38O4Si/c1-22(21-29)17-18-27(32-24(3)30)23(2)19-20-31-33(28(4,5)6,25-13-9-7-10-14-25)26-15-11-8-12-16-26/h7-17,19,27,29H,18,20-21H2,1-6H3/b22-17+,23-19+/t27-/m0/s1. The Kier molecular flexibility index (Phi) is 9.83. The third-order valence-electron chi connectivity index (χ3n) is 5.87. The maximum atomic E-state index is 11.7. The van der Waals surface area contributed by atoms with Gasteiger partial charge in [-0.2, -0.15) is 0 Å². The number of ether oxygens (including phenoxy) is 1. The molecule has 0 aliphatic rings. The van der Waals surface area contributed by atoms with E-state index < -0.39 is 8.32 Å². The van der Waals surface area contributed by atoms with Crippen LogP contribution in [0.3, 0.4) is 0 Å². The zero-order valence-electron chi connectivity index (χ0n) is 20.8. The fraction of sp³-hybridized carbons (Fsp3) is 0.393. The van der Waals surface area contributed by atoms with Gasteiger partial charge in [-0.15, -0.1) is 0 Å². The van der Waals surface area contributed by atoms with Gasteiger partial charge in [-0.3, -0.25) is 4.79 Å². The van der Waals surface area contributed by atoms with Crippen molar-refractivity contribution in [3.8, 4) is 0 Å². The van der Waals surface area contributed by atoms with E-state index in [1.165, 1.54) is 17.3 Å². The van der Waals surface area contributed by atoms with Crippen LogP contribution in [0.15, 0.2) is 84.0 Å². The van der Waals surface area contributed by atoms with E-state index in [4.69, 9.17) is 9.16 Å². The van der Waals surface area contributed by atoms with Crippen LogP contribution in [0.1, 0.15) is 48.0 Å². The number of benzene rings is 2. The molecule has 0 fully saturated rings. The number of carbonyl (C=O) groups is 1. The Hall–Kier alpha value is -2.47. The van der Waals surface area contributed by atoms with E-state index in [9.17, 15) is 9.90 Å². The van der Waals surface area contributed by atoms with Crippen molar-refractivity contribution < 1.29 is 19.1 Å². The average molecular weight is 467 g/mol. The van der Waals surface area contributed by atoms with Crippen molar-refractivity contribution in [1.29, 1.82) is 0 Å². The van der Waals surface area contributed by atoms with Crippen LogP contribution >= 0.6 is 0 Å². The molecule has 4 nitrogen and oxygen atoms in total. The van der Waals surface area contributed by atoms with Crippen molar-refractivity contribution in [2.45, 2.75) is 59.1 Å². The molecule has 178 valence electrons. The van der Waals surface area contributed by atoms with E-state index in [0.717, 1.165) is 11.1 Å². The maximum absolute atomic E-state index is 11.7. The number of rotatable bonds is 10. The van der Waals surface area contributed by atoms with Gasteiger partial charge in [0.1, 0.15) is 6.10 Å². The van der Waals surface area contributed by atoms with Crippen LogP contribution in [-0.2, 0) is 14.0 Å². The Morgan fingerprint density at radius 3 is 1.88 bits per heavy atom. The molecule has 0 spiro atoms. The molecule has 0 aliphatic heterocycles. The maximum Gasteiger partial charge on any atom is 0.303 e. The van der Waals surface area contributed by atoms with Gasteiger partial charge in [0.15, 0.2) is 0 Å².